The lowest BCUT2D eigenvalue weighted by molar-refractivity contribution is 0.745. The monoisotopic (exact) mass is 730 g/mol. The minimum absolute atomic E-state index is 0.178. The van der Waals surface area contributed by atoms with Gasteiger partial charge in [0, 0.05) is 28.7 Å². The Balaban J connectivity index is 1.02. The highest BCUT2D eigenvalue weighted by Gasteiger charge is 2.46. The average molecular weight is 731 g/mol. The fourth-order valence-corrected chi connectivity index (χ4v) is 10.1. The molecule has 7 aromatic carbocycles. The summed E-state index contributed by atoms with van der Waals surface area (Å²) in [5.74, 6) is 0.316. The largest absolute Gasteiger partial charge is 0.334 e. The summed E-state index contributed by atoms with van der Waals surface area (Å²) in [5.41, 5.74) is 16.1. The number of nitrogens with zero attached hydrogens (tertiary/aromatic N) is 2. The zero-order valence-corrected chi connectivity index (χ0v) is 31.7. The number of hydrogen-bond acceptors (Lipinski definition) is 2. The molecule has 7 aromatic rings. The fourth-order valence-electron chi connectivity index (χ4n) is 10.1. The molecule has 0 saturated heterocycles. The van der Waals surface area contributed by atoms with Crippen molar-refractivity contribution in [2.45, 2.75) is 29.8 Å². The van der Waals surface area contributed by atoms with Crippen LogP contribution >= 0.6 is 0 Å². The quantitative estimate of drug-likeness (QED) is 0.161. The molecule has 0 spiro atoms. The second kappa shape index (κ2) is 13.7. The molecule has 4 aliphatic rings. The molecule has 0 amide bonds. The lowest BCUT2D eigenvalue weighted by Crippen LogP contribution is -2.31. The van der Waals surface area contributed by atoms with E-state index in [1.165, 1.54) is 72.8 Å². The maximum Gasteiger partial charge on any atom is 0.0714 e. The molecule has 3 atom stereocenters. The van der Waals surface area contributed by atoms with Crippen LogP contribution in [0.5, 0.6) is 0 Å². The van der Waals surface area contributed by atoms with E-state index in [4.69, 9.17) is 0 Å². The van der Waals surface area contributed by atoms with Crippen LogP contribution in [0.15, 0.2) is 225 Å². The van der Waals surface area contributed by atoms with Gasteiger partial charge in [-0.2, -0.15) is 0 Å². The Morgan fingerprint density at radius 2 is 1.12 bits per heavy atom. The van der Waals surface area contributed by atoms with E-state index in [-0.39, 0.29) is 12.1 Å². The average Bonchev–Trinajstić information content (AvgIpc) is 3.78. The first kappa shape index (κ1) is 33.4. The summed E-state index contributed by atoms with van der Waals surface area (Å²) in [6, 6.07) is 65.9. The van der Waals surface area contributed by atoms with Crippen molar-refractivity contribution in [1.82, 2.24) is 0 Å². The Kier molecular flexibility index (Phi) is 8.03. The minimum Gasteiger partial charge on any atom is -0.334 e. The van der Waals surface area contributed by atoms with Crippen LogP contribution in [0.3, 0.4) is 0 Å². The smallest absolute Gasteiger partial charge is 0.0714 e. The molecule has 2 nitrogen and oxygen atoms in total. The van der Waals surface area contributed by atoms with E-state index in [2.05, 4.69) is 234 Å². The lowest BCUT2D eigenvalue weighted by atomic mass is 9.67. The molecule has 0 bridgehead atoms. The molecule has 3 aliphatic carbocycles. The van der Waals surface area contributed by atoms with Gasteiger partial charge in [0.1, 0.15) is 0 Å². The number of para-hydroxylation sites is 1. The third-order valence-electron chi connectivity index (χ3n) is 12.6. The molecule has 1 aliphatic heterocycles. The van der Waals surface area contributed by atoms with E-state index in [1.807, 2.05) is 0 Å². The molecule has 57 heavy (non-hydrogen) atoms. The third-order valence-corrected chi connectivity index (χ3v) is 12.6. The number of anilines is 4. The number of allylic oxidation sites excluding steroid dienone is 4. The van der Waals surface area contributed by atoms with Gasteiger partial charge in [0.05, 0.1) is 17.5 Å². The molecule has 1 heterocycles. The Morgan fingerprint density at radius 1 is 0.491 bits per heavy atom. The number of hydrogen-bond donors (Lipinski definition) is 0. The van der Waals surface area contributed by atoms with Gasteiger partial charge in [-0.15, -0.1) is 0 Å². The number of fused-ring (bicyclic) bond motifs is 6. The Labute approximate surface area is 335 Å². The Hall–Kier alpha value is -6.90. The van der Waals surface area contributed by atoms with Gasteiger partial charge in [0.15, 0.2) is 0 Å². The molecule has 11 rings (SSSR count). The maximum atomic E-state index is 2.54. The molecule has 3 unspecified atom stereocenters. The fraction of sp³-hybridized carbons (Fsp3) is 0.0909. The zero-order valence-electron chi connectivity index (χ0n) is 31.7. The van der Waals surface area contributed by atoms with Crippen LogP contribution in [0, 0.1) is 0 Å². The number of rotatable bonds is 7. The summed E-state index contributed by atoms with van der Waals surface area (Å²) in [6.07, 6.45) is 19.0. The summed E-state index contributed by atoms with van der Waals surface area (Å²) < 4.78 is 0. The van der Waals surface area contributed by atoms with E-state index in [1.54, 1.807) is 0 Å². The highest BCUT2D eigenvalue weighted by atomic mass is 15.2. The van der Waals surface area contributed by atoms with Crippen molar-refractivity contribution >= 4 is 22.7 Å². The van der Waals surface area contributed by atoms with Gasteiger partial charge in [0.25, 0.3) is 0 Å². The second-order valence-corrected chi connectivity index (χ2v) is 15.6. The SMILES string of the molecule is C1=CCC(N(c2ccc(-c3ccc4c(c3)C3C=CC=CC3N4c3ccccc3)cc2)c2ccc3c(c2)C(c2ccccc2)(c2ccccc2)c2ccccc2-3)C=C1. The van der Waals surface area contributed by atoms with Crippen LogP contribution in [-0.2, 0) is 5.41 Å². The molecule has 0 fully saturated rings. The summed E-state index contributed by atoms with van der Waals surface area (Å²) in [4.78, 5) is 5.04. The topological polar surface area (TPSA) is 6.48 Å². The Bertz CT molecular complexity index is 2680. The molecule has 0 radical (unpaired) electrons. The summed E-state index contributed by atoms with van der Waals surface area (Å²) in [5, 5.41) is 0. The minimum atomic E-state index is -0.450. The van der Waals surface area contributed by atoms with E-state index >= 15 is 0 Å². The van der Waals surface area contributed by atoms with E-state index in [0.29, 0.717) is 5.92 Å². The molecule has 0 aromatic heterocycles. The van der Waals surface area contributed by atoms with Crippen LogP contribution in [0.2, 0.25) is 0 Å². The van der Waals surface area contributed by atoms with Gasteiger partial charge in [-0.05, 0) is 105 Å². The van der Waals surface area contributed by atoms with E-state index < -0.39 is 5.41 Å². The molecular weight excluding hydrogens is 689 g/mol. The summed E-state index contributed by atoms with van der Waals surface area (Å²) >= 11 is 0. The molecule has 2 heteroatoms. The highest BCUT2D eigenvalue weighted by molar-refractivity contribution is 5.88. The first-order chi connectivity index (χ1) is 28.3. The lowest BCUT2D eigenvalue weighted by Gasteiger charge is -2.36. The predicted molar refractivity (Wildman–Crippen MR) is 238 cm³/mol. The predicted octanol–water partition coefficient (Wildman–Crippen LogP) is 13.5. The first-order valence-electron chi connectivity index (χ1n) is 20.2. The summed E-state index contributed by atoms with van der Waals surface area (Å²) in [7, 11) is 0. The van der Waals surface area contributed by atoms with Crippen molar-refractivity contribution in [3.05, 3.63) is 252 Å². The van der Waals surface area contributed by atoms with Crippen molar-refractivity contribution in [3.63, 3.8) is 0 Å². The van der Waals surface area contributed by atoms with Crippen LogP contribution in [0.25, 0.3) is 22.3 Å². The van der Waals surface area contributed by atoms with Crippen molar-refractivity contribution in [3.8, 4) is 22.3 Å². The van der Waals surface area contributed by atoms with Crippen LogP contribution in [0.1, 0.15) is 40.2 Å². The van der Waals surface area contributed by atoms with Crippen LogP contribution in [-0.4, -0.2) is 12.1 Å². The van der Waals surface area contributed by atoms with E-state index in [9.17, 15) is 0 Å². The number of benzene rings is 7. The zero-order chi connectivity index (χ0) is 37.8. The van der Waals surface area contributed by atoms with Gasteiger partial charge >= 0.3 is 0 Å². The van der Waals surface area contributed by atoms with Crippen molar-refractivity contribution in [1.29, 1.82) is 0 Å². The van der Waals surface area contributed by atoms with Gasteiger partial charge in [0.2, 0.25) is 0 Å². The van der Waals surface area contributed by atoms with Gasteiger partial charge in [-0.1, -0.05) is 176 Å². The van der Waals surface area contributed by atoms with Gasteiger partial charge in [-0.3, -0.25) is 0 Å². The Morgan fingerprint density at radius 3 is 1.86 bits per heavy atom. The highest BCUT2D eigenvalue weighted by Crippen LogP contribution is 2.57. The van der Waals surface area contributed by atoms with Crippen molar-refractivity contribution < 1.29 is 0 Å². The van der Waals surface area contributed by atoms with Crippen molar-refractivity contribution in [2.24, 2.45) is 0 Å². The van der Waals surface area contributed by atoms with Crippen LogP contribution in [0.4, 0.5) is 22.7 Å². The molecule has 0 saturated carbocycles. The normalized spacial score (nSPS) is 19.2. The maximum absolute atomic E-state index is 2.54. The standard InChI is InChI=1S/C55H42N2/c1-5-17-41(18-6-1)55(42-19-7-2-8-20-42)51-27-15-13-25-47(51)48-35-34-46(38-52(48)55)56(43-21-9-3-10-22-43)45-32-29-39(30-33-45)40-31-36-54-50(37-40)49-26-14-16-28-53(49)57(54)44-23-11-4-12-24-44/h1-21,23-38,43,49,53H,22H2. The van der Waals surface area contributed by atoms with Gasteiger partial charge in [-0.25, -0.2) is 0 Å². The molecule has 272 valence electrons. The van der Waals surface area contributed by atoms with E-state index in [0.717, 1.165) is 6.42 Å². The third kappa shape index (κ3) is 5.32. The van der Waals surface area contributed by atoms with Crippen molar-refractivity contribution in [2.75, 3.05) is 9.80 Å². The second-order valence-electron chi connectivity index (χ2n) is 15.6. The van der Waals surface area contributed by atoms with Gasteiger partial charge < -0.3 is 9.80 Å². The van der Waals surface area contributed by atoms with Crippen LogP contribution < -0.4 is 9.80 Å². The molecular formula is C55H42N2. The first-order valence-corrected chi connectivity index (χ1v) is 20.2. The summed E-state index contributed by atoms with van der Waals surface area (Å²) in [6.45, 7) is 0. The molecule has 0 N–H and O–H groups in total.